The van der Waals surface area contributed by atoms with Crippen LogP contribution in [0.1, 0.15) is 39.0 Å². The number of carbonyl (C=O) groups excluding carboxylic acids is 1. The summed E-state index contributed by atoms with van der Waals surface area (Å²) in [7, 11) is 0. The third-order valence-corrected chi connectivity index (χ3v) is 4.64. The minimum atomic E-state index is -0.0980. The first-order chi connectivity index (χ1) is 12.7. The summed E-state index contributed by atoms with van der Waals surface area (Å²) >= 11 is 3.42. The molecular weight excluding hydrogens is 392 g/mol. The first-order valence-corrected chi connectivity index (χ1v) is 9.99. The number of benzene rings is 2. The van der Waals surface area contributed by atoms with Crippen LogP contribution in [0.25, 0.3) is 0 Å². The lowest BCUT2D eigenvalue weighted by atomic mass is 10.2. The summed E-state index contributed by atoms with van der Waals surface area (Å²) in [4.78, 5) is 12.1. The summed E-state index contributed by atoms with van der Waals surface area (Å²) in [5, 5.41) is 6.01. The molecule has 0 radical (unpaired) electrons. The van der Waals surface area contributed by atoms with Crippen LogP contribution in [0.3, 0.4) is 0 Å². The van der Waals surface area contributed by atoms with Gasteiger partial charge in [-0.1, -0.05) is 50.8 Å². The van der Waals surface area contributed by atoms with Crippen LogP contribution in [-0.2, 0) is 4.79 Å². The van der Waals surface area contributed by atoms with Crippen molar-refractivity contribution in [3.05, 3.63) is 53.0 Å². The number of carbonyl (C=O) groups is 1. The van der Waals surface area contributed by atoms with Gasteiger partial charge in [0.05, 0.1) is 18.8 Å². The van der Waals surface area contributed by atoms with Crippen LogP contribution < -0.4 is 15.4 Å². The molecule has 2 rings (SSSR count). The summed E-state index contributed by atoms with van der Waals surface area (Å²) in [6.07, 6.45) is 6.10. The van der Waals surface area contributed by atoms with Crippen LogP contribution in [0.4, 0.5) is 11.4 Å². The maximum atomic E-state index is 12.1. The molecule has 0 spiro atoms. The number of hydrogen-bond acceptors (Lipinski definition) is 3. The fourth-order valence-corrected chi connectivity index (χ4v) is 2.91. The Morgan fingerprint density at radius 2 is 1.85 bits per heavy atom. The van der Waals surface area contributed by atoms with E-state index in [1.54, 1.807) is 0 Å². The average Bonchev–Trinajstić information content (AvgIpc) is 2.65. The highest BCUT2D eigenvalue weighted by Crippen LogP contribution is 2.21. The number of halogens is 1. The molecule has 2 N–H and O–H groups in total. The Bertz CT molecular complexity index is 691. The van der Waals surface area contributed by atoms with Crippen molar-refractivity contribution in [1.29, 1.82) is 0 Å². The van der Waals surface area contributed by atoms with Gasteiger partial charge >= 0.3 is 0 Å². The Morgan fingerprint density at radius 3 is 2.65 bits per heavy atom. The first kappa shape index (κ1) is 20.3. The molecule has 0 heterocycles. The Labute approximate surface area is 164 Å². The van der Waals surface area contributed by atoms with Gasteiger partial charge in [0.25, 0.3) is 0 Å². The number of amides is 1. The molecule has 2 aromatic rings. The molecular formula is C21H27BrN2O2. The molecule has 0 atom stereocenters. The second kappa shape index (κ2) is 11.6. The molecule has 0 fully saturated rings. The monoisotopic (exact) mass is 418 g/mol. The van der Waals surface area contributed by atoms with Crippen LogP contribution in [0.2, 0.25) is 0 Å². The van der Waals surface area contributed by atoms with Crippen LogP contribution in [0, 0.1) is 0 Å². The molecule has 0 aliphatic rings. The van der Waals surface area contributed by atoms with Crippen molar-refractivity contribution in [2.45, 2.75) is 39.0 Å². The molecule has 0 aliphatic carbocycles. The normalized spacial score (nSPS) is 10.4. The molecule has 2 aromatic carbocycles. The molecule has 0 aliphatic heterocycles. The number of anilines is 2. The number of para-hydroxylation sites is 1. The van der Waals surface area contributed by atoms with E-state index in [0.29, 0.717) is 0 Å². The fourth-order valence-electron chi connectivity index (χ4n) is 2.53. The highest BCUT2D eigenvalue weighted by molar-refractivity contribution is 9.10. The number of nitrogens with one attached hydrogen (secondary N) is 2. The smallest absolute Gasteiger partial charge is 0.243 e. The second-order valence-corrected chi connectivity index (χ2v) is 7.03. The summed E-state index contributed by atoms with van der Waals surface area (Å²) in [6.45, 7) is 3.14. The Kier molecular flexibility index (Phi) is 9.04. The SMILES string of the molecule is CCCCCCCOc1cccc(NCC(=O)Nc2ccccc2Br)c1. The van der Waals surface area contributed by atoms with E-state index in [-0.39, 0.29) is 12.5 Å². The molecule has 0 unspecified atom stereocenters. The third-order valence-electron chi connectivity index (χ3n) is 3.95. The van der Waals surface area contributed by atoms with Crippen molar-refractivity contribution in [2.24, 2.45) is 0 Å². The number of hydrogen-bond donors (Lipinski definition) is 2. The molecule has 1 amide bonds. The van der Waals surface area contributed by atoms with E-state index in [9.17, 15) is 4.79 Å². The van der Waals surface area contributed by atoms with Crippen molar-refractivity contribution in [3.63, 3.8) is 0 Å². The number of unbranched alkanes of at least 4 members (excludes halogenated alkanes) is 4. The highest BCUT2D eigenvalue weighted by atomic mass is 79.9. The number of ether oxygens (including phenoxy) is 1. The topological polar surface area (TPSA) is 50.4 Å². The maximum absolute atomic E-state index is 12.1. The van der Waals surface area contributed by atoms with E-state index < -0.39 is 0 Å². The van der Waals surface area contributed by atoms with Crippen molar-refractivity contribution >= 4 is 33.2 Å². The van der Waals surface area contributed by atoms with E-state index >= 15 is 0 Å². The predicted octanol–water partition coefficient (Wildman–Crippen LogP) is 5.85. The first-order valence-electron chi connectivity index (χ1n) is 9.20. The molecule has 5 heteroatoms. The largest absolute Gasteiger partial charge is 0.494 e. The van der Waals surface area contributed by atoms with Gasteiger partial charge in [-0.25, -0.2) is 0 Å². The van der Waals surface area contributed by atoms with E-state index in [1.165, 1.54) is 25.7 Å². The summed E-state index contributed by atoms with van der Waals surface area (Å²) in [5.41, 5.74) is 1.63. The van der Waals surface area contributed by atoms with E-state index in [4.69, 9.17) is 4.74 Å². The van der Waals surface area contributed by atoms with Gasteiger partial charge in [0, 0.05) is 16.2 Å². The van der Waals surface area contributed by atoms with E-state index in [0.717, 1.165) is 34.6 Å². The van der Waals surface area contributed by atoms with Crippen molar-refractivity contribution in [1.82, 2.24) is 0 Å². The van der Waals surface area contributed by atoms with Gasteiger partial charge in [-0.05, 0) is 46.6 Å². The van der Waals surface area contributed by atoms with Gasteiger partial charge in [0.1, 0.15) is 5.75 Å². The van der Waals surface area contributed by atoms with Crippen molar-refractivity contribution in [3.8, 4) is 5.75 Å². The zero-order valence-electron chi connectivity index (χ0n) is 15.3. The van der Waals surface area contributed by atoms with Gasteiger partial charge in [-0.15, -0.1) is 0 Å². The number of rotatable bonds is 11. The van der Waals surface area contributed by atoms with Gasteiger partial charge in [-0.3, -0.25) is 4.79 Å². The Morgan fingerprint density at radius 1 is 1.04 bits per heavy atom. The Balaban J connectivity index is 1.74. The van der Waals surface area contributed by atoms with Crippen molar-refractivity contribution in [2.75, 3.05) is 23.8 Å². The van der Waals surface area contributed by atoms with Gasteiger partial charge in [0.15, 0.2) is 0 Å². The van der Waals surface area contributed by atoms with Crippen LogP contribution in [0.15, 0.2) is 53.0 Å². The minimum Gasteiger partial charge on any atom is -0.494 e. The third kappa shape index (κ3) is 7.48. The summed E-state index contributed by atoms with van der Waals surface area (Å²) in [6, 6.07) is 15.3. The molecule has 0 aromatic heterocycles. The quantitative estimate of drug-likeness (QED) is 0.450. The minimum absolute atomic E-state index is 0.0980. The molecule has 0 saturated heterocycles. The van der Waals surface area contributed by atoms with E-state index in [2.05, 4.69) is 33.5 Å². The van der Waals surface area contributed by atoms with E-state index in [1.807, 2.05) is 48.5 Å². The van der Waals surface area contributed by atoms with Gasteiger partial charge < -0.3 is 15.4 Å². The lowest BCUT2D eigenvalue weighted by Crippen LogP contribution is -2.21. The molecule has 4 nitrogen and oxygen atoms in total. The second-order valence-electron chi connectivity index (χ2n) is 6.17. The van der Waals surface area contributed by atoms with Crippen molar-refractivity contribution < 1.29 is 9.53 Å². The standard InChI is InChI=1S/C21H27BrN2O2/c1-2-3-4-5-8-14-26-18-11-9-10-17(15-18)23-16-21(25)24-20-13-7-6-12-19(20)22/h6-7,9-13,15,23H,2-5,8,14,16H2,1H3,(H,24,25). The predicted molar refractivity (Wildman–Crippen MR) is 112 cm³/mol. The molecule has 140 valence electrons. The lowest BCUT2D eigenvalue weighted by molar-refractivity contribution is -0.114. The zero-order valence-corrected chi connectivity index (χ0v) is 16.8. The zero-order chi connectivity index (χ0) is 18.6. The average molecular weight is 419 g/mol. The molecule has 0 saturated carbocycles. The highest BCUT2D eigenvalue weighted by Gasteiger charge is 2.05. The van der Waals surface area contributed by atoms with Crippen LogP contribution >= 0.6 is 15.9 Å². The van der Waals surface area contributed by atoms with Gasteiger partial charge in [-0.2, -0.15) is 0 Å². The maximum Gasteiger partial charge on any atom is 0.243 e. The van der Waals surface area contributed by atoms with Gasteiger partial charge in [0.2, 0.25) is 5.91 Å². The summed E-state index contributed by atoms with van der Waals surface area (Å²) < 4.78 is 6.66. The summed E-state index contributed by atoms with van der Waals surface area (Å²) in [5.74, 6) is 0.732. The fraction of sp³-hybridized carbons (Fsp3) is 0.381. The van der Waals surface area contributed by atoms with Crippen LogP contribution in [-0.4, -0.2) is 19.1 Å². The Hall–Kier alpha value is -2.01. The molecule has 0 bridgehead atoms. The lowest BCUT2D eigenvalue weighted by Gasteiger charge is -2.11. The van der Waals surface area contributed by atoms with Crippen LogP contribution in [0.5, 0.6) is 5.75 Å². The molecule has 26 heavy (non-hydrogen) atoms.